The number of aliphatic carboxylic acids is 1. The zero-order chi connectivity index (χ0) is 14.1. The van der Waals surface area contributed by atoms with Crippen LogP contribution < -0.4 is 5.43 Å². The lowest BCUT2D eigenvalue weighted by atomic mass is 10.0. The summed E-state index contributed by atoms with van der Waals surface area (Å²) in [6.45, 7) is 0. The molecule has 0 saturated heterocycles. The molecule has 0 aliphatic heterocycles. The van der Waals surface area contributed by atoms with Gasteiger partial charge in [-0.1, -0.05) is 30.3 Å². The van der Waals surface area contributed by atoms with Gasteiger partial charge in [0.15, 0.2) is 0 Å². The number of fused-ring (bicyclic) bond motifs is 3. The van der Waals surface area contributed by atoms with Crippen molar-refractivity contribution in [3.63, 3.8) is 0 Å². The molecular formula is C16H10O4. The highest BCUT2D eigenvalue weighted by molar-refractivity contribution is 6.05. The summed E-state index contributed by atoms with van der Waals surface area (Å²) in [4.78, 5) is 23.0. The fourth-order valence-electron chi connectivity index (χ4n) is 2.18. The van der Waals surface area contributed by atoms with Crippen LogP contribution in [0.1, 0.15) is 5.56 Å². The Morgan fingerprint density at radius 1 is 1.15 bits per heavy atom. The lowest BCUT2D eigenvalue weighted by Crippen LogP contribution is -2.05. The summed E-state index contributed by atoms with van der Waals surface area (Å²) in [5.41, 5.74) is 0.470. The highest BCUT2D eigenvalue weighted by Gasteiger charge is 2.08. The topological polar surface area (TPSA) is 67.5 Å². The number of carboxylic acid groups (broad SMARTS) is 1. The molecule has 0 bridgehead atoms. The molecule has 0 aliphatic carbocycles. The van der Waals surface area contributed by atoms with E-state index in [2.05, 4.69) is 0 Å². The molecule has 1 aromatic heterocycles. The highest BCUT2D eigenvalue weighted by atomic mass is 16.4. The van der Waals surface area contributed by atoms with Crippen LogP contribution in [-0.2, 0) is 4.79 Å². The SMILES string of the molecule is O=C(O)C=Cc1coc2ccc3ccccc3c2c1=O. The molecule has 4 heteroatoms. The van der Waals surface area contributed by atoms with Crippen LogP contribution in [0, 0.1) is 0 Å². The molecule has 0 atom stereocenters. The van der Waals surface area contributed by atoms with Crippen LogP contribution in [0.15, 0.2) is 57.9 Å². The molecule has 0 unspecified atom stereocenters. The Hall–Kier alpha value is -2.88. The number of carboxylic acids is 1. The second kappa shape index (κ2) is 4.66. The van der Waals surface area contributed by atoms with Crippen molar-refractivity contribution in [1.29, 1.82) is 0 Å². The summed E-state index contributed by atoms with van der Waals surface area (Å²) in [6.07, 6.45) is 3.44. The van der Waals surface area contributed by atoms with Crippen molar-refractivity contribution >= 4 is 33.8 Å². The summed E-state index contributed by atoms with van der Waals surface area (Å²) in [5, 5.41) is 10.8. The van der Waals surface area contributed by atoms with Crippen LogP contribution in [0.2, 0.25) is 0 Å². The number of benzene rings is 2. The van der Waals surface area contributed by atoms with E-state index in [9.17, 15) is 9.59 Å². The van der Waals surface area contributed by atoms with Crippen molar-refractivity contribution in [3.05, 3.63) is 64.5 Å². The first-order valence-electron chi connectivity index (χ1n) is 6.01. The Kier molecular flexibility index (Phi) is 2.84. The van der Waals surface area contributed by atoms with E-state index >= 15 is 0 Å². The van der Waals surface area contributed by atoms with Crippen molar-refractivity contribution < 1.29 is 14.3 Å². The van der Waals surface area contributed by atoms with E-state index < -0.39 is 5.97 Å². The van der Waals surface area contributed by atoms with Crippen LogP contribution in [0.4, 0.5) is 0 Å². The zero-order valence-corrected chi connectivity index (χ0v) is 10.4. The van der Waals surface area contributed by atoms with Gasteiger partial charge in [0.25, 0.3) is 0 Å². The van der Waals surface area contributed by atoms with Gasteiger partial charge in [0.05, 0.1) is 10.9 Å². The number of hydrogen-bond acceptors (Lipinski definition) is 3. The molecule has 0 aliphatic rings. The summed E-state index contributed by atoms with van der Waals surface area (Å²) in [5.74, 6) is -1.11. The first-order chi connectivity index (χ1) is 9.66. The Morgan fingerprint density at radius 2 is 1.95 bits per heavy atom. The Labute approximate surface area is 113 Å². The summed E-state index contributed by atoms with van der Waals surface area (Å²) in [6, 6.07) is 11.1. The molecule has 20 heavy (non-hydrogen) atoms. The molecule has 98 valence electrons. The molecule has 4 nitrogen and oxygen atoms in total. The van der Waals surface area contributed by atoms with E-state index in [0.717, 1.165) is 16.8 Å². The predicted octanol–water partition coefficient (Wildman–Crippen LogP) is 3.04. The third-order valence-corrected chi connectivity index (χ3v) is 3.10. The van der Waals surface area contributed by atoms with E-state index in [0.29, 0.717) is 11.0 Å². The summed E-state index contributed by atoms with van der Waals surface area (Å²) in [7, 11) is 0. The highest BCUT2D eigenvalue weighted by Crippen LogP contribution is 2.23. The summed E-state index contributed by atoms with van der Waals surface area (Å²) >= 11 is 0. The van der Waals surface area contributed by atoms with Crippen molar-refractivity contribution in [2.45, 2.75) is 0 Å². The lowest BCUT2D eigenvalue weighted by Gasteiger charge is -2.03. The van der Waals surface area contributed by atoms with Gasteiger partial charge in [-0.05, 0) is 22.9 Å². The first-order valence-corrected chi connectivity index (χ1v) is 6.01. The van der Waals surface area contributed by atoms with Crippen molar-refractivity contribution in [1.82, 2.24) is 0 Å². The monoisotopic (exact) mass is 266 g/mol. The maximum atomic E-state index is 12.5. The molecule has 0 radical (unpaired) electrons. The van der Waals surface area contributed by atoms with E-state index in [1.165, 1.54) is 12.3 Å². The standard InChI is InChI=1S/C16H10O4/c17-14(18)8-6-11-9-20-13-7-5-10-3-1-2-4-12(10)15(13)16(11)19/h1-9H,(H,17,18). The van der Waals surface area contributed by atoms with E-state index in [1.54, 1.807) is 6.07 Å². The third-order valence-electron chi connectivity index (χ3n) is 3.10. The van der Waals surface area contributed by atoms with Crippen molar-refractivity contribution in [2.75, 3.05) is 0 Å². The normalized spacial score (nSPS) is 11.4. The van der Waals surface area contributed by atoms with E-state index in [1.807, 2.05) is 30.3 Å². The van der Waals surface area contributed by atoms with Gasteiger partial charge < -0.3 is 9.52 Å². The minimum Gasteiger partial charge on any atom is -0.478 e. The van der Waals surface area contributed by atoms with Crippen LogP contribution >= 0.6 is 0 Å². The number of carbonyl (C=O) groups is 1. The second-order valence-electron chi connectivity index (χ2n) is 4.35. The van der Waals surface area contributed by atoms with Gasteiger partial charge in [-0.25, -0.2) is 4.79 Å². The molecule has 1 heterocycles. The second-order valence-corrected chi connectivity index (χ2v) is 4.35. The number of hydrogen-bond donors (Lipinski definition) is 1. The Balaban J connectivity index is 2.38. The maximum Gasteiger partial charge on any atom is 0.328 e. The molecule has 3 rings (SSSR count). The molecule has 0 saturated carbocycles. The molecule has 0 amide bonds. The smallest absolute Gasteiger partial charge is 0.328 e. The van der Waals surface area contributed by atoms with Gasteiger partial charge in [0.2, 0.25) is 5.43 Å². The molecule has 0 spiro atoms. The number of rotatable bonds is 2. The minimum atomic E-state index is -1.11. The molecule has 0 fully saturated rings. The predicted molar refractivity (Wildman–Crippen MR) is 76.7 cm³/mol. The quantitative estimate of drug-likeness (QED) is 0.571. The van der Waals surface area contributed by atoms with Crippen molar-refractivity contribution in [3.8, 4) is 0 Å². The van der Waals surface area contributed by atoms with Gasteiger partial charge in [0, 0.05) is 6.08 Å². The van der Waals surface area contributed by atoms with E-state index in [4.69, 9.17) is 9.52 Å². The Morgan fingerprint density at radius 3 is 2.75 bits per heavy atom. The largest absolute Gasteiger partial charge is 0.478 e. The van der Waals surface area contributed by atoms with Gasteiger partial charge >= 0.3 is 5.97 Å². The lowest BCUT2D eigenvalue weighted by molar-refractivity contribution is -0.131. The van der Waals surface area contributed by atoms with Crippen LogP contribution in [0.5, 0.6) is 0 Å². The average molecular weight is 266 g/mol. The zero-order valence-electron chi connectivity index (χ0n) is 10.4. The van der Waals surface area contributed by atoms with Gasteiger partial charge in [0.1, 0.15) is 11.8 Å². The van der Waals surface area contributed by atoms with Crippen LogP contribution in [-0.4, -0.2) is 11.1 Å². The molecule has 1 N–H and O–H groups in total. The van der Waals surface area contributed by atoms with Crippen molar-refractivity contribution in [2.24, 2.45) is 0 Å². The molecule has 3 aromatic rings. The minimum absolute atomic E-state index is 0.219. The fourth-order valence-corrected chi connectivity index (χ4v) is 2.18. The van der Waals surface area contributed by atoms with Gasteiger partial charge in [-0.2, -0.15) is 0 Å². The first kappa shape index (κ1) is 12.2. The van der Waals surface area contributed by atoms with Gasteiger partial charge in [-0.15, -0.1) is 0 Å². The summed E-state index contributed by atoms with van der Waals surface area (Å²) < 4.78 is 5.42. The van der Waals surface area contributed by atoms with Gasteiger partial charge in [-0.3, -0.25) is 4.79 Å². The average Bonchev–Trinajstić information content (AvgIpc) is 2.46. The fraction of sp³-hybridized carbons (Fsp3) is 0. The molecular weight excluding hydrogens is 256 g/mol. The van der Waals surface area contributed by atoms with E-state index in [-0.39, 0.29) is 11.0 Å². The maximum absolute atomic E-state index is 12.5. The van der Waals surface area contributed by atoms with Crippen LogP contribution in [0.25, 0.3) is 27.8 Å². The molecule has 2 aromatic carbocycles. The third kappa shape index (κ3) is 1.97. The van der Waals surface area contributed by atoms with Crippen LogP contribution in [0.3, 0.4) is 0 Å². The Bertz CT molecular complexity index is 903.